The third kappa shape index (κ3) is 4.44. The normalized spacial score (nSPS) is 11.5. The number of phenolic OH excluding ortho intramolecular Hbond substituents is 1. The van der Waals surface area contributed by atoms with Crippen LogP contribution in [-0.2, 0) is 4.79 Å². The fourth-order valence-electron chi connectivity index (χ4n) is 2.59. The molecular formula is C19H21NO6. The predicted molar refractivity (Wildman–Crippen MR) is 94.8 cm³/mol. The molecule has 7 heteroatoms. The maximum Gasteiger partial charge on any atom is 0.305 e. The van der Waals surface area contributed by atoms with E-state index in [1.54, 1.807) is 31.2 Å². The number of amides is 1. The molecule has 1 atom stereocenters. The minimum Gasteiger partial charge on any atom is -0.507 e. The van der Waals surface area contributed by atoms with Gasteiger partial charge in [-0.1, -0.05) is 6.07 Å². The van der Waals surface area contributed by atoms with Gasteiger partial charge < -0.3 is 25.0 Å². The fourth-order valence-corrected chi connectivity index (χ4v) is 2.59. The predicted octanol–water partition coefficient (Wildman–Crippen LogP) is 2.66. The lowest BCUT2D eigenvalue weighted by molar-refractivity contribution is -0.137. The first-order valence-electron chi connectivity index (χ1n) is 7.90. The Morgan fingerprint density at radius 3 is 2.42 bits per heavy atom. The molecule has 2 aromatic rings. The fraction of sp³-hybridized carbons (Fsp3) is 0.263. The van der Waals surface area contributed by atoms with Crippen LogP contribution in [0.25, 0.3) is 0 Å². The highest BCUT2D eigenvalue weighted by Gasteiger charge is 2.23. The summed E-state index contributed by atoms with van der Waals surface area (Å²) >= 11 is 0. The van der Waals surface area contributed by atoms with Crippen molar-refractivity contribution in [3.05, 3.63) is 53.1 Å². The quantitative estimate of drug-likeness (QED) is 0.702. The topological polar surface area (TPSA) is 105 Å². The summed E-state index contributed by atoms with van der Waals surface area (Å²) in [6, 6.07) is 8.71. The van der Waals surface area contributed by atoms with Gasteiger partial charge in [-0.25, -0.2) is 0 Å². The molecular weight excluding hydrogens is 338 g/mol. The van der Waals surface area contributed by atoms with Crippen LogP contribution in [0, 0.1) is 6.92 Å². The summed E-state index contributed by atoms with van der Waals surface area (Å²) < 4.78 is 10.4. The van der Waals surface area contributed by atoms with Crippen LogP contribution < -0.4 is 14.8 Å². The van der Waals surface area contributed by atoms with Gasteiger partial charge in [-0.3, -0.25) is 9.59 Å². The highest BCUT2D eigenvalue weighted by molar-refractivity contribution is 5.97. The van der Waals surface area contributed by atoms with E-state index in [0.29, 0.717) is 17.1 Å². The number of aromatic hydroxyl groups is 1. The second kappa shape index (κ2) is 8.24. The van der Waals surface area contributed by atoms with Gasteiger partial charge in [0, 0.05) is 11.6 Å². The molecule has 0 bridgehead atoms. The zero-order valence-electron chi connectivity index (χ0n) is 14.8. The van der Waals surface area contributed by atoms with Crippen molar-refractivity contribution >= 4 is 11.9 Å². The van der Waals surface area contributed by atoms with Crippen molar-refractivity contribution in [1.29, 1.82) is 0 Å². The van der Waals surface area contributed by atoms with Gasteiger partial charge in [0.25, 0.3) is 5.91 Å². The molecule has 2 rings (SSSR count). The molecule has 0 heterocycles. The summed E-state index contributed by atoms with van der Waals surface area (Å²) in [6.07, 6.45) is -0.346. The molecule has 0 spiro atoms. The van der Waals surface area contributed by atoms with E-state index < -0.39 is 17.9 Å². The van der Waals surface area contributed by atoms with Crippen LogP contribution in [0.5, 0.6) is 17.2 Å². The first-order chi connectivity index (χ1) is 12.3. The molecule has 7 nitrogen and oxygen atoms in total. The Labute approximate surface area is 151 Å². The van der Waals surface area contributed by atoms with Crippen LogP contribution in [0.4, 0.5) is 0 Å². The van der Waals surface area contributed by atoms with Crippen LogP contribution in [0.2, 0.25) is 0 Å². The number of benzene rings is 2. The minimum atomic E-state index is -1.08. The van der Waals surface area contributed by atoms with Crippen molar-refractivity contribution in [2.45, 2.75) is 19.4 Å². The van der Waals surface area contributed by atoms with E-state index in [1.165, 1.54) is 26.4 Å². The largest absolute Gasteiger partial charge is 0.507 e. The molecule has 0 radical (unpaired) electrons. The second-order valence-corrected chi connectivity index (χ2v) is 5.75. The summed E-state index contributed by atoms with van der Waals surface area (Å²) in [5.41, 5.74) is 1.37. The lowest BCUT2D eigenvalue weighted by Gasteiger charge is -2.21. The standard InChI is InChI=1S/C19H21NO6/c1-11-4-6-14(16(21)8-11)19(24)20-15(10-18(22)23)13-7-5-12(25-2)9-17(13)26-3/h4-9,15,21H,10H2,1-3H3,(H,20,24)(H,22,23). The number of carbonyl (C=O) groups is 2. The van der Waals surface area contributed by atoms with E-state index in [9.17, 15) is 19.8 Å². The highest BCUT2D eigenvalue weighted by atomic mass is 16.5. The number of hydrogen-bond donors (Lipinski definition) is 3. The molecule has 1 unspecified atom stereocenters. The number of ether oxygens (including phenoxy) is 2. The van der Waals surface area contributed by atoms with E-state index in [2.05, 4.69) is 5.32 Å². The molecule has 1 amide bonds. The zero-order valence-corrected chi connectivity index (χ0v) is 14.8. The molecule has 26 heavy (non-hydrogen) atoms. The van der Waals surface area contributed by atoms with Crippen LogP contribution in [0.3, 0.4) is 0 Å². The molecule has 0 saturated heterocycles. The monoisotopic (exact) mass is 359 g/mol. The van der Waals surface area contributed by atoms with Gasteiger partial charge in [-0.05, 0) is 36.8 Å². The van der Waals surface area contributed by atoms with Crippen LogP contribution in [-0.4, -0.2) is 36.3 Å². The van der Waals surface area contributed by atoms with Crippen molar-refractivity contribution in [3.63, 3.8) is 0 Å². The van der Waals surface area contributed by atoms with Crippen molar-refractivity contribution < 1.29 is 29.3 Å². The van der Waals surface area contributed by atoms with E-state index >= 15 is 0 Å². The van der Waals surface area contributed by atoms with Gasteiger partial charge >= 0.3 is 5.97 Å². The van der Waals surface area contributed by atoms with Crippen molar-refractivity contribution in [2.75, 3.05) is 14.2 Å². The Kier molecular flexibility index (Phi) is 6.06. The third-order valence-electron chi connectivity index (χ3n) is 3.90. The number of methoxy groups -OCH3 is 2. The summed E-state index contributed by atoms with van der Waals surface area (Å²) in [5, 5.41) is 21.8. The van der Waals surface area contributed by atoms with E-state index in [0.717, 1.165) is 5.56 Å². The number of carbonyl (C=O) groups excluding carboxylic acids is 1. The Balaban J connectivity index is 2.36. The first-order valence-corrected chi connectivity index (χ1v) is 7.90. The van der Waals surface area contributed by atoms with Crippen LogP contribution in [0.1, 0.15) is 33.9 Å². The molecule has 0 saturated carbocycles. The first kappa shape index (κ1) is 19.1. The molecule has 0 aliphatic rings. The Morgan fingerprint density at radius 2 is 1.85 bits per heavy atom. The summed E-state index contributed by atoms with van der Waals surface area (Å²) in [5.74, 6) is -0.891. The van der Waals surface area contributed by atoms with Crippen molar-refractivity contribution in [1.82, 2.24) is 5.32 Å². The lowest BCUT2D eigenvalue weighted by atomic mass is 10.0. The van der Waals surface area contributed by atoms with Gasteiger partial charge in [0.1, 0.15) is 17.2 Å². The SMILES string of the molecule is COc1ccc(C(CC(=O)O)NC(=O)c2ccc(C)cc2O)c(OC)c1. The molecule has 3 N–H and O–H groups in total. The van der Waals surface area contributed by atoms with E-state index in [1.807, 2.05) is 0 Å². The number of hydrogen-bond acceptors (Lipinski definition) is 5. The molecule has 138 valence electrons. The average Bonchev–Trinajstić information content (AvgIpc) is 2.60. The number of carboxylic acids is 1. The molecule has 0 aliphatic carbocycles. The van der Waals surface area contributed by atoms with Crippen LogP contribution >= 0.6 is 0 Å². The smallest absolute Gasteiger partial charge is 0.305 e. The van der Waals surface area contributed by atoms with Crippen LogP contribution in [0.15, 0.2) is 36.4 Å². The zero-order chi connectivity index (χ0) is 19.3. The van der Waals surface area contributed by atoms with Crippen molar-refractivity contribution in [3.8, 4) is 17.2 Å². The second-order valence-electron chi connectivity index (χ2n) is 5.75. The summed E-state index contributed by atoms with van der Waals surface area (Å²) in [7, 11) is 2.95. The maximum atomic E-state index is 12.5. The number of nitrogens with one attached hydrogen (secondary N) is 1. The molecule has 2 aromatic carbocycles. The van der Waals surface area contributed by atoms with Gasteiger partial charge in [0.15, 0.2) is 0 Å². The highest BCUT2D eigenvalue weighted by Crippen LogP contribution is 2.31. The van der Waals surface area contributed by atoms with Gasteiger partial charge in [-0.15, -0.1) is 0 Å². The molecule has 0 aromatic heterocycles. The lowest BCUT2D eigenvalue weighted by Crippen LogP contribution is -2.30. The van der Waals surface area contributed by atoms with E-state index in [4.69, 9.17) is 9.47 Å². The number of aryl methyl sites for hydroxylation is 1. The van der Waals surface area contributed by atoms with Gasteiger partial charge in [0.05, 0.1) is 32.2 Å². The summed E-state index contributed by atoms with van der Waals surface area (Å²) in [6.45, 7) is 1.79. The molecule has 0 aliphatic heterocycles. The third-order valence-corrected chi connectivity index (χ3v) is 3.90. The Hall–Kier alpha value is -3.22. The number of aliphatic carboxylic acids is 1. The van der Waals surface area contributed by atoms with Gasteiger partial charge in [-0.2, -0.15) is 0 Å². The van der Waals surface area contributed by atoms with Crippen molar-refractivity contribution in [2.24, 2.45) is 0 Å². The number of carboxylic acid groups (broad SMARTS) is 1. The average molecular weight is 359 g/mol. The number of phenols is 1. The summed E-state index contributed by atoms with van der Waals surface area (Å²) in [4.78, 5) is 23.8. The van der Waals surface area contributed by atoms with Gasteiger partial charge in [0.2, 0.25) is 0 Å². The minimum absolute atomic E-state index is 0.0680. The Bertz CT molecular complexity index is 818. The number of rotatable bonds is 7. The Morgan fingerprint density at radius 1 is 1.12 bits per heavy atom. The van der Waals surface area contributed by atoms with E-state index in [-0.39, 0.29) is 17.7 Å². The maximum absolute atomic E-state index is 12.5. The molecule has 0 fully saturated rings.